The highest BCUT2D eigenvalue weighted by molar-refractivity contribution is 7.85. The van der Waals surface area contributed by atoms with Crippen LogP contribution >= 0.6 is 0 Å². The van der Waals surface area contributed by atoms with Gasteiger partial charge in [0, 0.05) is 62.3 Å². The Balaban J connectivity index is 0.000000643. The number of esters is 1. The van der Waals surface area contributed by atoms with Crippen molar-refractivity contribution in [2.24, 2.45) is 23.7 Å². The zero-order valence-corrected chi connectivity index (χ0v) is 43.1. The van der Waals surface area contributed by atoms with E-state index in [0.29, 0.717) is 42.7 Å². The molecule has 386 valence electrons. The van der Waals surface area contributed by atoms with Gasteiger partial charge in [-0.2, -0.15) is 8.42 Å². The number of hydrogen-bond acceptors (Lipinski definition) is 17. The number of cyclic esters (lactones) is 1. The maximum atomic E-state index is 14.8. The Hall–Kier alpha value is -4.67. The van der Waals surface area contributed by atoms with Crippen molar-refractivity contribution in [1.82, 2.24) is 24.7 Å². The van der Waals surface area contributed by atoms with Crippen LogP contribution in [0.3, 0.4) is 0 Å². The number of aromatic nitrogens is 2. The predicted octanol–water partition coefficient (Wildman–Crippen LogP) is 4.97. The summed E-state index contributed by atoms with van der Waals surface area (Å²) in [4.78, 5) is 71.6. The summed E-state index contributed by atoms with van der Waals surface area (Å²) in [7, 11) is 1.20. The molecule has 0 saturated carbocycles. The van der Waals surface area contributed by atoms with E-state index in [1.54, 1.807) is 70.8 Å². The first-order chi connectivity index (χ1) is 32.8. The van der Waals surface area contributed by atoms with E-state index in [9.17, 15) is 37.8 Å². The van der Waals surface area contributed by atoms with Gasteiger partial charge in [0.15, 0.2) is 17.7 Å². The summed E-state index contributed by atoms with van der Waals surface area (Å²) in [6.45, 7) is 16.9. The predicted molar refractivity (Wildman–Crippen MR) is 256 cm³/mol. The van der Waals surface area contributed by atoms with Gasteiger partial charge in [-0.05, 0) is 92.2 Å². The average molecular weight is 998 g/mol. The van der Waals surface area contributed by atoms with Crippen molar-refractivity contribution in [1.29, 1.82) is 0 Å². The van der Waals surface area contributed by atoms with Crippen LogP contribution < -0.4 is 0 Å². The molecule has 1 amide bonds. The summed E-state index contributed by atoms with van der Waals surface area (Å²) in [6.07, 6.45) is -1.21. The highest BCUT2D eigenvalue weighted by Crippen LogP contribution is 2.45. The van der Waals surface area contributed by atoms with Gasteiger partial charge in [0.2, 0.25) is 0 Å². The molecule has 1 aromatic carbocycles. The number of benzene rings is 1. The van der Waals surface area contributed by atoms with Gasteiger partial charge in [0.25, 0.3) is 10.1 Å². The van der Waals surface area contributed by atoms with Gasteiger partial charge in [-0.1, -0.05) is 45.4 Å². The topological polar surface area (TPSA) is 245 Å². The molecule has 6 heterocycles. The van der Waals surface area contributed by atoms with Crippen LogP contribution in [0.15, 0.2) is 53.7 Å². The quantitative estimate of drug-likeness (QED) is 0.146. The number of carbonyl (C=O) groups is 4. The second-order valence-electron chi connectivity index (χ2n) is 20.2. The Morgan fingerprint density at radius 2 is 1.61 bits per heavy atom. The van der Waals surface area contributed by atoms with Crippen molar-refractivity contribution >= 4 is 44.8 Å². The molecule has 0 bridgehead atoms. The van der Waals surface area contributed by atoms with Gasteiger partial charge in [-0.3, -0.25) is 38.7 Å². The zero-order chi connectivity index (χ0) is 51.8. The molecule has 0 unspecified atom stereocenters. The lowest BCUT2D eigenvalue weighted by molar-refractivity contribution is -0.295. The molecule has 0 spiro atoms. The van der Waals surface area contributed by atoms with E-state index in [4.69, 9.17) is 28.2 Å². The monoisotopic (exact) mass is 997 g/mol. The van der Waals surface area contributed by atoms with Crippen molar-refractivity contribution in [3.05, 3.63) is 59.9 Å². The highest BCUT2D eigenvalue weighted by atomic mass is 32.2. The molecule has 0 radical (unpaired) electrons. The number of carbonyl (C=O) groups excluding carboxylic acids is 4. The molecular formula is C50H71N5O14S. The summed E-state index contributed by atoms with van der Waals surface area (Å²) >= 11 is 0. The van der Waals surface area contributed by atoms with Crippen molar-refractivity contribution < 1.29 is 66.0 Å². The standard InChI is InChI=1S/C43H63N5O11.C7H8O3S/c1-12-32-43(8)37(48(41(54)59-43)27-19-47(20-27)21-28-31(49)18-45-29-14-13-15-44-33(28)29)24(4)34(50)22(2)17-42(7,55-11)38(25(5)35(51)26(6)39(53)57-32)58-40-36(52)30(46(9)10)16-23(3)56-40;1-6-2-4-7(5-3-6)11(8,9)10/h13-15,18,22-27,30,32,36-38,40,49,52H,12,16-17,19-21H2,1-11H3;2-5H,1H3,(H,8,9,10)/t22-,23-,24+,25+,26-,30+,32-,36-,37-,38-,40+,42-,43-;/m1./s1. The molecule has 3 N–H and O–H groups in total. The first kappa shape index (κ1) is 54.7. The number of aliphatic hydroxyl groups is 1. The number of nitrogens with zero attached hydrogens (tertiary/aromatic N) is 5. The first-order valence-electron chi connectivity index (χ1n) is 23.9. The summed E-state index contributed by atoms with van der Waals surface area (Å²) < 4.78 is 60.9. The van der Waals surface area contributed by atoms with Gasteiger partial charge in [-0.15, -0.1) is 0 Å². The molecule has 4 fully saturated rings. The van der Waals surface area contributed by atoms with E-state index in [1.165, 1.54) is 32.4 Å². The fourth-order valence-corrected chi connectivity index (χ4v) is 11.3. The Morgan fingerprint density at radius 3 is 2.21 bits per heavy atom. The number of ether oxygens (including phenoxy) is 5. The third-order valence-corrected chi connectivity index (χ3v) is 15.7. The number of rotatable bonds is 9. The number of aliphatic hydroxyl groups excluding tert-OH is 1. The highest BCUT2D eigenvalue weighted by Gasteiger charge is 2.62. The molecule has 2 aromatic heterocycles. The van der Waals surface area contributed by atoms with Gasteiger partial charge in [0.1, 0.15) is 29.7 Å². The minimum atomic E-state index is -4.02. The Bertz CT molecular complexity index is 2490. The van der Waals surface area contributed by atoms with Gasteiger partial charge in [-0.25, -0.2) is 4.79 Å². The van der Waals surface area contributed by atoms with E-state index in [1.807, 2.05) is 38.9 Å². The Labute approximate surface area is 410 Å². The minimum absolute atomic E-state index is 0.0206. The zero-order valence-electron chi connectivity index (χ0n) is 42.3. The third kappa shape index (κ3) is 11.2. The lowest BCUT2D eigenvalue weighted by Gasteiger charge is -2.48. The van der Waals surface area contributed by atoms with Crippen molar-refractivity contribution in [2.45, 2.75) is 153 Å². The Morgan fingerprint density at radius 1 is 0.957 bits per heavy atom. The van der Waals surface area contributed by atoms with Gasteiger partial charge < -0.3 is 38.8 Å². The number of amides is 1. The van der Waals surface area contributed by atoms with Crippen molar-refractivity contribution in [2.75, 3.05) is 34.3 Å². The molecule has 0 aliphatic carbocycles. The number of hydrogen-bond donors (Lipinski definition) is 3. The maximum absolute atomic E-state index is 14.8. The summed E-state index contributed by atoms with van der Waals surface area (Å²) in [6, 6.07) is 8.08. The number of ketones is 2. The van der Waals surface area contributed by atoms with E-state index >= 15 is 0 Å². The van der Waals surface area contributed by atoms with Crippen LogP contribution in [0.2, 0.25) is 0 Å². The molecule has 13 atom stereocenters. The van der Waals surface area contributed by atoms with Crippen LogP contribution in [0, 0.1) is 30.6 Å². The van der Waals surface area contributed by atoms with Crippen LogP contribution in [0.1, 0.15) is 85.8 Å². The van der Waals surface area contributed by atoms with Gasteiger partial charge in [0.05, 0.1) is 52.0 Å². The van der Waals surface area contributed by atoms with E-state index in [-0.39, 0.29) is 47.5 Å². The number of aromatic hydroxyl groups is 1. The minimum Gasteiger partial charge on any atom is -0.506 e. The van der Waals surface area contributed by atoms with Crippen molar-refractivity contribution in [3.8, 4) is 5.75 Å². The van der Waals surface area contributed by atoms with Crippen LogP contribution in [-0.2, 0) is 54.7 Å². The number of pyridine rings is 2. The van der Waals surface area contributed by atoms with Crippen LogP contribution in [0.5, 0.6) is 5.75 Å². The molecule has 4 aliphatic rings. The number of fused-ring (bicyclic) bond motifs is 2. The summed E-state index contributed by atoms with van der Waals surface area (Å²) in [5.74, 6) is -5.12. The number of aryl methyl sites for hydroxylation is 1. The van der Waals surface area contributed by atoms with E-state index < -0.39 is 93.5 Å². The lowest BCUT2D eigenvalue weighted by atomic mass is 9.73. The normalized spacial score (nSPS) is 34.0. The van der Waals surface area contributed by atoms with Crippen LogP contribution in [0.25, 0.3) is 11.0 Å². The van der Waals surface area contributed by atoms with E-state index in [0.717, 1.165) is 5.56 Å². The first-order valence-corrected chi connectivity index (χ1v) is 25.4. The van der Waals surface area contributed by atoms with Gasteiger partial charge >= 0.3 is 12.1 Å². The molecule has 19 nitrogen and oxygen atoms in total. The summed E-state index contributed by atoms with van der Waals surface area (Å²) in [5.41, 5.74) is 0.0641. The van der Waals surface area contributed by atoms with E-state index in [2.05, 4.69) is 14.9 Å². The lowest BCUT2D eigenvalue weighted by Crippen LogP contribution is -2.65. The number of Topliss-reactive ketones (excluding diaryl/α,β-unsaturated/α-hetero) is 2. The molecule has 4 saturated heterocycles. The maximum Gasteiger partial charge on any atom is 0.411 e. The second kappa shape index (κ2) is 21.6. The molecule has 70 heavy (non-hydrogen) atoms. The third-order valence-electron chi connectivity index (χ3n) is 14.8. The largest absolute Gasteiger partial charge is 0.506 e. The molecular weight excluding hydrogens is 927 g/mol. The number of likely N-dealkylation sites (N-methyl/N-ethyl adjacent to an activating group) is 1. The second-order valence-corrected chi connectivity index (χ2v) is 21.6. The summed E-state index contributed by atoms with van der Waals surface area (Å²) in [5, 5.41) is 22.2. The molecule has 20 heteroatoms. The molecule has 3 aromatic rings. The molecule has 7 rings (SSSR count). The number of methoxy groups -OCH3 is 1. The fraction of sp³-hybridized carbons (Fsp3) is 0.640. The van der Waals surface area contributed by atoms with Crippen LogP contribution in [0.4, 0.5) is 4.79 Å². The number of likely N-dealkylation sites (tertiary alicyclic amines) is 1. The smallest absolute Gasteiger partial charge is 0.411 e. The van der Waals surface area contributed by atoms with Crippen LogP contribution in [-0.4, -0.2) is 166 Å². The fourth-order valence-electron chi connectivity index (χ4n) is 10.8. The Kier molecular flexibility index (Phi) is 16.9. The van der Waals surface area contributed by atoms with Crippen molar-refractivity contribution in [3.63, 3.8) is 0 Å². The average Bonchev–Trinajstić information content (AvgIpc) is 3.57. The molecule has 4 aliphatic heterocycles. The SMILES string of the molecule is CC[C@H]1OC(=O)[C@H](C)C(=O)[C@H](C)[C@@H](O[C@@H]2O[C@H](C)C[C@H](N(C)C)[C@H]2O)[C@](C)(OC)C[C@@H](C)C(=O)[C@H](C)[C@H]2N(C3CN(Cc4c(O)cnc5cccnc45)C3)C(=O)O[C@]12C.Cc1ccc(S(=O)(=O)O)cc1.